The van der Waals surface area contributed by atoms with Gasteiger partial charge in [-0.25, -0.2) is 0 Å². The van der Waals surface area contributed by atoms with E-state index in [1.807, 2.05) is 21.1 Å². The molecular formula is C56H100NO8P. The van der Waals surface area contributed by atoms with Crippen molar-refractivity contribution >= 4 is 19.8 Å². The lowest BCUT2D eigenvalue weighted by Gasteiger charge is -2.28. The van der Waals surface area contributed by atoms with Crippen LogP contribution in [0.4, 0.5) is 0 Å². The van der Waals surface area contributed by atoms with Gasteiger partial charge < -0.3 is 27.9 Å². The van der Waals surface area contributed by atoms with Gasteiger partial charge in [0.1, 0.15) is 19.8 Å². The fraction of sp³-hybridized carbons (Fsp3) is 0.750. The number of hydrogen-bond acceptors (Lipinski definition) is 8. The smallest absolute Gasteiger partial charge is 0.306 e. The molecule has 0 N–H and O–H groups in total. The monoisotopic (exact) mass is 946 g/mol. The van der Waals surface area contributed by atoms with Crippen molar-refractivity contribution in [3.05, 3.63) is 72.9 Å². The Morgan fingerprint density at radius 2 is 0.864 bits per heavy atom. The number of allylic oxidation sites excluding steroid dienone is 12. The average Bonchev–Trinajstić information content (AvgIpc) is 3.27. The Labute approximate surface area is 406 Å². The number of ether oxygens (including phenoxy) is 2. The molecular weight excluding hydrogens is 846 g/mol. The van der Waals surface area contributed by atoms with Gasteiger partial charge in [-0.05, 0) is 77.0 Å². The van der Waals surface area contributed by atoms with E-state index in [2.05, 4.69) is 86.8 Å². The third-order valence-electron chi connectivity index (χ3n) is 11.2. The van der Waals surface area contributed by atoms with Crippen molar-refractivity contribution in [3.8, 4) is 0 Å². The third kappa shape index (κ3) is 50.9. The second kappa shape index (κ2) is 47.5. The molecule has 0 fully saturated rings. The Morgan fingerprint density at radius 1 is 0.485 bits per heavy atom. The van der Waals surface area contributed by atoms with E-state index >= 15 is 0 Å². The third-order valence-corrected chi connectivity index (χ3v) is 12.2. The fourth-order valence-corrected chi connectivity index (χ4v) is 7.83. The summed E-state index contributed by atoms with van der Waals surface area (Å²) in [7, 11) is 1.15. The number of rotatable bonds is 48. The van der Waals surface area contributed by atoms with Gasteiger partial charge >= 0.3 is 11.9 Å². The van der Waals surface area contributed by atoms with Gasteiger partial charge in [-0.15, -0.1) is 0 Å². The summed E-state index contributed by atoms with van der Waals surface area (Å²) >= 11 is 0. The highest BCUT2D eigenvalue weighted by Gasteiger charge is 2.21. The van der Waals surface area contributed by atoms with Gasteiger partial charge in [0, 0.05) is 12.8 Å². The fourth-order valence-electron chi connectivity index (χ4n) is 7.10. The maximum atomic E-state index is 12.8. The minimum absolute atomic E-state index is 0.0350. The molecule has 0 aliphatic carbocycles. The van der Waals surface area contributed by atoms with Crippen LogP contribution in [-0.2, 0) is 32.7 Å². The summed E-state index contributed by atoms with van der Waals surface area (Å²) in [5, 5.41) is 0. The number of esters is 2. The molecule has 0 amide bonds. The van der Waals surface area contributed by atoms with Crippen molar-refractivity contribution in [1.29, 1.82) is 0 Å². The molecule has 0 heterocycles. The van der Waals surface area contributed by atoms with Crippen molar-refractivity contribution in [3.63, 3.8) is 0 Å². The first-order valence-electron chi connectivity index (χ1n) is 26.6. The van der Waals surface area contributed by atoms with Crippen LogP contribution in [0.15, 0.2) is 72.9 Å². The molecule has 0 bridgehead atoms. The Kier molecular flexibility index (Phi) is 45.7. The van der Waals surface area contributed by atoms with Crippen LogP contribution < -0.4 is 4.89 Å². The van der Waals surface area contributed by atoms with Crippen LogP contribution >= 0.6 is 7.82 Å². The molecule has 0 aliphatic rings. The average molecular weight is 946 g/mol. The Balaban J connectivity index is 4.11. The predicted molar refractivity (Wildman–Crippen MR) is 277 cm³/mol. The number of carbonyl (C=O) groups excluding carboxylic acids is 2. The highest BCUT2D eigenvalue weighted by molar-refractivity contribution is 7.45. The number of nitrogens with zero attached hydrogens (tertiary/aromatic N) is 1. The normalized spacial score (nSPS) is 14.0. The minimum Gasteiger partial charge on any atom is -0.756 e. The summed E-state index contributed by atoms with van der Waals surface area (Å²) in [4.78, 5) is 37.7. The molecule has 0 aliphatic heterocycles. The predicted octanol–water partition coefficient (Wildman–Crippen LogP) is 15.5. The number of likely N-dealkylation sites (N-methyl/N-ethyl adjacent to an activating group) is 1. The number of quaternary nitrogens is 1. The van der Waals surface area contributed by atoms with Crippen LogP contribution in [0.1, 0.15) is 219 Å². The highest BCUT2D eigenvalue weighted by Crippen LogP contribution is 2.38. The minimum atomic E-state index is -4.63. The molecule has 0 radical (unpaired) electrons. The summed E-state index contributed by atoms with van der Waals surface area (Å²) in [5.74, 6) is -0.850. The van der Waals surface area contributed by atoms with Crippen molar-refractivity contribution in [2.24, 2.45) is 0 Å². The summed E-state index contributed by atoms with van der Waals surface area (Å²) in [6, 6.07) is 0. The first-order chi connectivity index (χ1) is 32.0. The van der Waals surface area contributed by atoms with E-state index in [0.29, 0.717) is 23.9 Å². The zero-order chi connectivity index (χ0) is 48.5. The van der Waals surface area contributed by atoms with Crippen LogP contribution in [0.25, 0.3) is 0 Å². The van der Waals surface area contributed by atoms with E-state index in [9.17, 15) is 19.0 Å². The van der Waals surface area contributed by atoms with Crippen LogP contribution in [0, 0.1) is 0 Å². The molecule has 0 spiro atoms. The van der Waals surface area contributed by atoms with Gasteiger partial charge in [-0.3, -0.25) is 14.2 Å². The SMILES string of the molecule is CC/C=C\C/C=C\C/C=C\C/C=C\CCCCCCCCCCCCCCCCCCC(=O)OC(COC(=O)CCCCCCC/C=C\C/C=C\CCC)COP(=O)([O-])OCC[N+](C)(C)C. The lowest BCUT2D eigenvalue weighted by atomic mass is 10.0. The van der Waals surface area contributed by atoms with Gasteiger partial charge in [0.05, 0.1) is 27.7 Å². The van der Waals surface area contributed by atoms with Crippen molar-refractivity contribution in [2.75, 3.05) is 47.5 Å². The molecule has 0 saturated heterocycles. The number of hydrogen-bond donors (Lipinski definition) is 0. The first-order valence-corrected chi connectivity index (χ1v) is 28.1. The summed E-state index contributed by atoms with van der Waals surface area (Å²) < 4.78 is 34.0. The van der Waals surface area contributed by atoms with E-state index in [0.717, 1.165) is 89.9 Å². The van der Waals surface area contributed by atoms with E-state index < -0.39 is 32.5 Å². The molecule has 2 unspecified atom stereocenters. The quantitative estimate of drug-likeness (QED) is 0.0195. The Bertz CT molecular complexity index is 1350. The molecule has 66 heavy (non-hydrogen) atoms. The van der Waals surface area contributed by atoms with Crippen molar-refractivity contribution in [1.82, 2.24) is 0 Å². The van der Waals surface area contributed by atoms with Gasteiger partial charge in [-0.1, -0.05) is 202 Å². The van der Waals surface area contributed by atoms with Crippen molar-refractivity contribution in [2.45, 2.75) is 225 Å². The number of carbonyl (C=O) groups is 2. The number of phosphoric ester groups is 1. The second-order valence-corrected chi connectivity index (χ2v) is 20.3. The van der Waals surface area contributed by atoms with Gasteiger partial charge in [0.25, 0.3) is 7.82 Å². The topological polar surface area (TPSA) is 111 Å². The van der Waals surface area contributed by atoms with E-state index in [1.165, 1.54) is 89.9 Å². The van der Waals surface area contributed by atoms with E-state index in [4.69, 9.17) is 18.5 Å². The summed E-state index contributed by atoms with van der Waals surface area (Å²) in [6.45, 7) is 4.04. The standard InChI is InChI=1S/C56H100NO8P/c1-6-8-10-12-14-16-18-20-21-22-23-24-25-26-27-28-29-30-31-32-33-34-35-37-39-41-43-45-47-49-56(59)65-54(53-64-66(60,61)63-51-50-57(3,4)5)52-62-55(58)48-46-44-42-40-38-36-19-17-15-13-11-9-7-2/h8,10-11,13-14,16-17,19-21,23-24,54H,6-7,9,12,15,18,22,25-53H2,1-5H3/b10-8-,13-11-,16-14-,19-17-,21-20-,24-23-. The summed E-state index contributed by atoms with van der Waals surface area (Å²) in [5.41, 5.74) is 0. The number of unbranched alkanes of at least 4 members (excludes halogenated alkanes) is 22. The van der Waals surface area contributed by atoms with Crippen LogP contribution in [0.3, 0.4) is 0 Å². The number of phosphoric acid groups is 1. The highest BCUT2D eigenvalue weighted by atomic mass is 31.2. The van der Waals surface area contributed by atoms with Crippen LogP contribution in [0.5, 0.6) is 0 Å². The zero-order valence-electron chi connectivity index (χ0n) is 43.1. The van der Waals surface area contributed by atoms with E-state index in [-0.39, 0.29) is 26.1 Å². The Hall–Kier alpha value is -2.55. The molecule has 0 aromatic rings. The zero-order valence-corrected chi connectivity index (χ0v) is 44.0. The summed E-state index contributed by atoms with van der Waals surface area (Å²) in [6.07, 6.45) is 60.9. The first kappa shape index (κ1) is 63.5. The lowest BCUT2D eigenvalue weighted by Crippen LogP contribution is -2.37. The second-order valence-electron chi connectivity index (χ2n) is 18.9. The maximum Gasteiger partial charge on any atom is 0.306 e. The molecule has 10 heteroatoms. The molecule has 9 nitrogen and oxygen atoms in total. The molecule has 0 saturated carbocycles. The van der Waals surface area contributed by atoms with E-state index in [1.54, 1.807) is 0 Å². The van der Waals surface area contributed by atoms with Crippen LogP contribution in [-0.4, -0.2) is 70.0 Å². The molecule has 382 valence electrons. The molecule has 0 aromatic heterocycles. The largest absolute Gasteiger partial charge is 0.756 e. The maximum absolute atomic E-state index is 12.8. The van der Waals surface area contributed by atoms with Crippen molar-refractivity contribution < 1.29 is 42.1 Å². The molecule has 2 atom stereocenters. The van der Waals surface area contributed by atoms with Gasteiger partial charge in [-0.2, -0.15) is 0 Å². The lowest BCUT2D eigenvalue weighted by molar-refractivity contribution is -0.870. The van der Waals surface area contributed by atoms with Gasteiger partial charge in [0.15, 0.2) is 6.10 Å². The van der Waals surface area contributed by atoms with Gasteiger partial charge in [0.2, 0.25) is 0 Å². The van der Waals surface area contributed by atoms with Crippen LogP contribution in [0.2, 0.25) is 0 Å². The molecule has 0 aromatic carbocycles. The molecule has 0 rings (SSSR count). The Morgan fingerprint density at radius 3 is 1.29 bits per heavy atom.